The third-order valence-corrected chi connectivity index (χ3v) is 7.11. The smallest absolute Gasteiger partial charge is 0.218 e. The van der Waals surface area contributed by atoms with Gasteiger partial charge in [-0.15, -0.1) is 0 Å². The Hall–Kier alpha value is -2.18. The lowest BCUT2D eigenvalue weighted by atomic mass is 9.89. The minimum absolute atomic E-state index is 0.00784. The van der Waals surface area contributed by atoms with Crippen LogP contribution in [0.3, 0.4) is 0 Å². The van der Waals surface area contributed by atoms with Crippen molar-refractivity contribution in [3.8, 4) is 5.75 Å². The number of Topliss-reactive ketones (excluding diaryl/α,β-unsaturated/α-hetero) is 1. The predicted molar refractivity (Wildman–Crippen MR) is 110 cm³/mol. The Morgan fingerprint density at radius 2 is 1.79 bits per heavy atom. The summed E-state index contributed by atoms with van der Waals surface area (Å²) >= 11 is 0. The second-order valence-corrected chi connectivity index (χ2v) is 9.42. The molecule has 5 nitrogen and oxygen atoms in total. The highest BCUT2D eigenvalue weighted by Crippen LogP contribution is 2.29. The van der Waals surface area contributed by atoms with Crippen LogP contribution in [0, 0.1) is 19.8 Å². The van der Waals surface area contributed by atoms with Crippen LogP contribution in [0.4, 0.5) is 0 Å². The number of ketones is 1. The number of methoxy groups -OCH3 is 1. The first kappa shape index (κ1) is 20.6. The highest BCUT2D eigenvalue weighted by atomic mass is 32.2. The number of benzene rings is 2. The summed E-state index contributed by atoms with van der Waals surface area (Å²) in [6.45, 7) is 4.55. The minimum atomic E-state index is -3.45. The molecule has 1 heterocycles. The fraction of sp³-hybridized carbons (Fsp3) is 0.409. The van der Waals surface area contributed by atoms with E-state index in [-0.39, 0.29) is 24.0 Å². The van der Waals surface area contributed by atoms with Gasteiger partial charge in [-0.2, -0.15) is 0 Å². The maximum absolute atomic E-state index is 13.1. The maximum atomic E-state index is 13.1. The van der Waals surface area contributed by atoms with Gasteiger partial charge in [-0.3, -0.25) is 4.79 Å². The lowest BCUT2D eigenvalue weighted by Crippen LogP contribution is -2.42. The Bertz CT molecular complexity index is 931. The van der Waals surface area contributed by atoms with Crippen molar-refractivity contribution in [3.05, 3.63) is 64.7 Å². The molecule has 150 valence electrons. The summed E-state index contributed by atoms with van der Waals surface area (Å²) < 4.78 is 32.6. The molecule has 1 aliphatic heterocycles. The number of sulfonamides is 1. The summed E-state index contributed by atoms with van der Waals surface area (Å²) in [6, 6.07) is 12.8. The molecule has 1 fully saturated rings. The quantitative estimate of drug-likeness (QED) is 0.692. The predicted octanol–water partition coefficient (Wildman–Crippen LogP) is 3.74. The van der Waals surface area contributed by atoms with Crippen molar-refractivity contribution in [3.63, 3.8) is 0 Å². The first-order valence-corrected chi connectivity index (χ1v) is 11.1. The summed E-state index contributed by atoms with van der Waals surface area (Å²) in [5.74, 6) is 0.447. The van der Waals surface area contributed by atoms with Gasteiger partial charge in [0.25, 0.3) is 0 Å². The third kappa shape index (κ3) is 4.45. The average molecular weight is 402 g/mol. The topological polar surface area (TPSA) is 63.7 Å². The molecule has 0 saturated carbocycles. The van der Waals surface area contributed by atoms with Crippen LogP contribution in [0.2, 0.25) is 0 Å². The van der Waals surface area contributed by atoms with E-state index in [1.165, 1.54) is 4.31 Å². The Kier molecular flexibility index (Phi) is 6.20. The summed E-state index contributed by atoms with van der Waals surface area (Å²) in [4.78, 5) is 13.1. The molecule has 0 aliphatic carbocycles. The molecule has 6 heteroatoms. The number of nitrogens with zero attached hydrogens (tertiary/aromatic N) is 1. The van der Waals surface area contributed by atoms with Crippen molar-refractivity contribution in [1.29, 1.82) is 0 Å². The molecule has 2 aromatic rings. The largest absolute Gasteiger partial charge is 0.496 e. The molecule has 0 N–H and O–H groups in total. The first-order chi connectivity index (χ1) is 13.3. The van der Waals surface area contributed by atoms with Crippen LogP contribution in [0.25, 0.3) is 0 Å². The lowest BCUT2D eigenvalue weighted by Gasteiger charge is -2.31. The van der Waals surface area contributed by atoms with Gasteiger partial charge in [-0.1, -0.05) is 30.3 Å². The number of aryl methyl sites for hydroxylation is 2. The molecule has 1 saturated heterocycles. The van der Waals surface area contributed by atoms with Gasteiger partial charge >= 0.3 is 0 Å². The Balaban J connectivity index is 1.77. The molecule has 2 aromatic carbocycles. The van der Waals surface area contributed by atoms with E-state index in [4.69, 9.17) is 4.74 Å². The highest BCUT2D eigenvalue weighted by molar-refractivity contribution is 7.88. The zero-order chi connectivity index (χ0) is 20.3. The molecule has 1 aliphatic rings. The van der Waals surface area contributed by atoms with Gasteiger partial charge < -0.3 is 4.74 Å². The van der Waals surface area contributed by atoms with E-state index in [0.29, 0.717) is 24.9 Å². The molecule has 0 bridgehead atoms. The maximum Gasteiger partial charge on any atom is 0.218 e. The zero-order valence-electron chi connectivity index (χ0n) is 16.6. The van der Waals surface area contributed by atoms with Gasteiger partial charge in [0.1, 0.15) is 5.75 Å². The number of ether oxygens (including phenoxy) is 1. The van der Waals surface area contributed by atoms with E-state index in [1.54, 1.807) is 7.11 Å². The van der Waals surface area contributed by atoms with Crippen molar-refractivity contribution in [2.45, 2.75) is 32.4 Å². The second-order valence-electron chi connectivity index (χ2n) is 7.45. The van der Waals surface area contributed by atoms with Crippen molar-refractivity contribution in [1.82, 2.24) is 4.31 Å². The van der Waals surface area contributed by atoms with E-state index in [1.807, 2.05) is 56.3 Å². The average Bonchev–Trinajstić information content (AvgIpc) is 2.67. The van der Waals surface area contributed by atoms with Gasteiger partial charge in [0, 0.05) is 24.6 Å². The fourth-order valence-corrected chi connectivity index (χ4v) is 5.55. The number of carbonyl (C=O) groups is 1. The Morgan fingerprint density at radius 3 is 2.39 bits per heavy atom. The molecule has 0 spiro atoms. The van der Waals surface area contributed by atoms with Gasteiger partial charge in [-0.05, 0) is 55.5 Å². The first-order valence-electron chi connectivity index (χ1n) is 9.53. The van der Waals surface area contributed by atoms with E-state index < -0.39 is 10.0 Å². The van der Waals surface area contributed by atoms with Crippen LogP contribution in [0.15, 0.2) is 42.5 Å². The number of piperidine rings is 1. The second kappa shape index (κ2) is 8.45. The molecule has 0 radical (unpaired) electrons. The molecule has 3 rings (SSSR count). The van der Waals surface area contributed by atoms with E-state index >= 15 is 0 Å². The molecule has 0 unspecified atom stereocenters. The van der Waals surface area contributed by atoms with Crippen LogP contribution in [0.1, 0.15) is 39.9 Å². The molecule has 0 amide bonds. The molecular weight excluding hydrogens is 374 g/mol. The number of hydrogen-bond acceptors (Lipinski definition) is 4. The third-order valence-electron chi connectivity index (χ3n) is 5.29. The van der Waals surface area contributed by atoms with Crippen LogP contribution in [0.5, 0.6) is 5.75 Å². The summed E-state index contributed by atoms with van der Waals surface area (Å²) in [5.41, 5.74) is 3.21. The monoisotopic (exact) mass is 401 g/mol. The minimum Gasteiger partial charge on any atom is -0.496 e. The van der Waals surface area contributed by atoms with Crippen molar-refractivity contribution in [2.75, 3.05) is 20.2 Å². The molecule has 1 atom stereocenters. The fourth-order valence-electron chi connectivity index (χ4n) is 3.94. The van der Waals surface area contributed by atoms with Crippen molar-refractivity contribution >= 4 is 15.8 Å². The lowest BCUT2D eigenvalue weighted by molar-refractivity contribution is 0.0872. The molecule has 28 heavy (non-hydrogen) atoms. The van der Waals surface area contributed by atoms with Gasteiger partial charge in [0.05, 0.1) is 12.9 Å². The molecule has 0 aromatic heterocycles. The summed E-state index contributed by atoms with van der Waals surface area (Å²) in [7, 11) is -1.83. The Morgan fingerprint density at radius 1 is 1.14 bits per heavy atom. The molecular formula is C22H27NO4S. The number of carbonyl (C=O) groups excluding carboxylic acids is 1. The summed E-state index contributed by atoms with van der Waals surface area (Å²) in [5, 5.41) is 0. The number of rotatable bonds is 6. The number of hydrogen-bond donors (Lipinski definition) is 0. The summed E-state index contributed by atoms with van der Waals surface area (Å²) in [6.07, 6.45) is 1.40. The van der Waals surface area contributed by atoms with Gasteiger partial charge in [0.2, 0.25) is 10.0 Å². The van der Waals surface area contributed by atoms with Gasteiger partial charge in [-0.25, -0.2) is 12.7 Å². The Labute approximate surface area is 167 Å². The normalized spacial score (nSPS) is 18.0. The van der Waals surface area contributed by atoms with Crippen LogP contribution >= 0.6 is 0 Å². The highest BCUT2D eigenvalue weighted by Gasteiger charge is 2.33. The van der Waals surface area contributed by atoms with E-state index in [9.17, 15) is 13.2 Å². The van der Waals surface area contributed by atoms with Crippen molar-refractivity contribution in [2.24, 2.45) is 5.92 Å². The SMILES string of the molecule is COc1c(C)cc(C(=O)[C@@H]2CCCN(S(=O)(=O)Cc3ccccc3)C2)cc1C. The zero-order valence-corrected chi connectivity index (χ0v) is 17.5. The van der Waals surface area contributed by atoms with E-state index in [0.717, 1.165) is 22.4 Å². The van der Waals surface area contributed by atoms with Crippen LogP contribution in [-0.2, 0) is 15.8 Å². The van der Waals surface area contributed by atoms with Gasteiger partial charge in [0.15, 0.2) is 5.78 Å². The van der Waals surface area contributed by atoms with E-state index in [2.05, 4.69) is 0 Å². The van der Waals surface area contributed by atoms with Crippen LogP contribution in [-0.4, -0.2) is 38.7 Å². The van der Waals surface area contributed by atoms with Crippen molar-refractivity contribution < 1.29 is 17.9 Å². The van der Waals surface area contributed by atoms with Crippen LogP contribution < -0.4 is 4.74 Å². The standard InChI is InChI=1S/C22H27NO4S/c1-16-12-20(13-17(2)22(16)27-3)21(24)19-10-7-11-23(14-19)28(25,26)15-18-8-5-4-6-9-18/h4-6,8-9,12-13,19H,7,10-11,14-15H2,1-3H3/t19-/m1/s1.